The van der Waals surface area contributed by atoms with E-state index in [1.807, 2.05) is 14.1 Å². The van der Waals surface area contributed by atoms with Crippen molar-refractivity contribution in [1.29, 1.82) is 0 Å². The molecule has 4 heteroatoms. The van der Waals surface area contributed by atoms with E-state index in [-0.39, 0.29) is 11.5 Å². The Kier molecular flexibility index (Phi) is 3.03. The normalized spacial score (nSPS) is 36.5. The number of likely N-dealkylation sites (N-methyl/N-ethyl adjacent to an activating group) is 1. The van der Waals surface area contributed by atoms with Gasteiger partial charge in [-0.05, 0) is 32.6 Å². The molecule has 3 atom stereocenters. The average molecular weight is 278 g/mol. The van der Waals surface area contributed by atoms with E-state index >= 15 is 0 Å². The van der Waals surface area contributed by atoms with Gasteiger partial charge < -0.3 is 14.5 Å². The fourth-order valence-electron chi connectivity index (χ4n) is 4.26. The molecule has 2 heterocycles. The van der Waals surface area contributed by atoms with E-state index in [2.05, 4.69) is 25.7 Å². The SMILES string of the molecule is C[C@@H]1CC[C@@H]2[C@@H](C1)C1=C(OC2(C)C)N(C)CN(C)C1=O. The summed E-state index contributed by atoms with van der Waals surface area (Å²) in [4.78, 5) is 16.5. The first-order valence-electron chi connectivity index (χ1n) is 7.71. The van der Waals surface area contributed by atoms with Crippen molar-refractivity contribution >= 4 is 5.91 Å². The van der Waals surface area contributed by atoms with E-state index in [0.717, 1.165) is 24.3 Å². The number of fused-ring (bicyclic) bond motifs is 2. The van der Waals surface area contributed by atoms with Gasteiger partial charge in [-0.2, -0.15) is 0 Å². The molecule has 0 bridgehead atoms. The fraction of sp³-hybridized carbons (Fsp3) is 0.812. The van der Waals surface area contributed by atoms with Crippen molar-refractivity contribution in [3.05, 3.63) is 11.5 Å². The monoisotopic (exact) mass is 278 g/mol. The second kappa shape index (κ2) is 4.40. The fourth-order valence-corrected chi connectivity index (χ4v) is 4.26. The first-order chi connectivity index (χ1) is 9.31. The van der Waals surface area contributed by atoms with Crippen LogP contribution in [0.2, 0.25) is 0 Å². The van der Waals surface area contributed by atoms with Crippen molar-refractivity contribution in [2.75, 3.05) is 20.8 Å². The Hall–Kier alpha value is -1.19. The van der Waals surface area contributed by atoms with Crippen LogP contribution in [0.3, 0.4) is 0 Å². The molecule has 112 valence electrons. The molecule has 1 fully saturated rings. The molecule has 3 rings (SSSR count). The van der Waals surface area contributed by atoms with Crippen molar-refractivity contribution in [2.45, 2.75) is 45.6 Å². The number of hydrogen-bond acceptors (Lipinski definition) is 3. The van der Waals surface area contributed by atoms with Crippen LogP contribution in [-0.2, 0) is 9.53 Å². The second-order valence-electron chi connectivity index (χ2n) is 7.40. The molecule has 0 aromatic carbocycles. The zero-order chi connectivity index (χ0) is 14.7. The number of amides is 1. The third kappa shape index (κ3) is 1.92. The van der Waals surface area contributed by atoms with E-state index < -0.39 is 0 Å². The molecule has 20 heavy (non-hydrogen) atoms. The minimum Gasteiger partial charge on any atom is -0.472 e. The van der Waals surface area contributed by atoms with Crippen LogP contribution in [-0.4, -0.2) is 42.1 Å². The van der Waals surface area contributed by atoms with Crippen LogP contribution < -0.4 is 0 Å². The number of ether oxygens (including phenoxy) is 1. The molecule has 0 aromatic rings. The van der Waals surface area contributed by atoms with Crippen LogP contribution in [0.1, 0.15) is 40.0 Å². The third-order valence-corrected chi connectivity index (χ3v) is 5.31. The van der Waals surface area contributed by atoms with Crippen molar-refractivity contribution in [1.82, 2.24) is 9.80 Å². The van der Waals surface area contributed by atoms with E-state index in [1.54, 1.807) is 4.90 Å². The molecule has 0 spiro atoms. The van der Waals surface area contributed by atoms with Gasteiger partial charge in [0, 0.05) is 25.9 Å². The average Bonchev–Trinajstić information content (AvgIpc) is 2.35. The maximum Gasteiger partial charge on any atom is 0.256 e. The van der Waals surface area contributed by atoms with Gasteiger partial charge in [0.1, 0.15) is 5.60 Å². The molecule has 1 amide bonds. The van der Waals surface area contributed by atoms with Gasteiger partial charge in [-0.25, -0.2) is 0 Å². The Morgan fingerprint density at radius 3 is 2.60 bits per heavy atom. The molecular formula is C16H26N2O2. The molecule has 3 aliphatic rings. The summed E-state index contributed by atoms with van der Waals surface area (Å²) in [5.41, 5.74) is 0.755. The predicted octanol–water partition coefficient (Wildman–Crippen LogP) is 2.42. The van der Waals surface area contributed by atoms with Crippen LogP contribution >= 0.6 is 0 Å². The Morgan fingerprint density at radius 1 is 1.20 bits per heavy atom. The molecular weight excluding hydrogens is 252 g/mol. The van der Waals surface area contributed by atoms with Gasteiger partial charge in [0.15, 0.2) is 5.88 Å². The first kappa shape index (κ1) is 13.8. The van der Waals surface area contributed by atoms with Gasteiger partial charge in [-0.3, -0.25) is 4.79 Å². The van der Waals surface area contributed by atoms with Gasteiger partial charge in [0.05, 0.1) is 12.2 Å². The highest BCUT2D eigenvalue weighted by atomic mass is 16.5. The summed E-state index contributed by atoms with van der Waals surface area (Å²) in [5, 5.41) is 0. The Morgan fingerprint density at radius 2 is 1.90 bits per heavy atom. The number of carbonyl (C=O) groups is 1. The highest BCUT2D eigenvalue weighted by molar-refractivity contribution is 5.95. The van der Waals surface area contributed by atoms with Crippen molar-refractivity contribution < 1.29 is 9.53 Å². The Bertz CT molecular complexity index is 469. The van der Waals surface area contributed by atoms with E-state index in [9.17, 15) is 4.79 Å². The first-order valence-corrected chi connectivity index (χ1v) is 7.71. The highest BCUT2D eigenvalue weighted by Gasteiger charge is 2.51. The smallest absolute Gasteiger partial charge is 0.256 e. The zero-order valence-electron chi connectivity index (χ0n) is 13.3. The standard InChI is InChI=1S/C16H26N2O2/c1-10-6-7-12-11(8-10)13-14(19)17(4)9-18(5)15(13)20-16(12,2)3/h10-12H,6-9H2,1-5H3/t10-,11-,12-/m1/s1. The lowest BCUT2D eigenvalue weighted by molar-refractivity contribution is -0.145. The van der Waals surface area contributed by atoms with Crippen molar-refractivity contribution in [3.63, 3.8) is 0 Å². The summed E-state index contributed by atoms with van der Waals surface area (Å²) >= 11 is 0. The summed E-state index contributed by atoms with van der Waals surface area (Å²) in [7, 11) is 3.89. The number of carbonyl (C=O) groups excluding carboxylic acids is 1. The molecule has 2 aliphatic heterocycles. The lowest BCUT2D eigenvalue weighted by atomic mass is 9.64. The van der Waals surface area contributed by atoms with E-state index in [4.69, 9.17) is 4.74 Å². The van der Waals surface area contributed by atoms with Crippen molar-refractivity contribution in [3.8, 4) is 0 Å². The molecule has 0 saturated heterocycles. The Labute approximate surface area is 121 Å². The van der Waals surface area contributed by atoms with Gasteiger partial charge in [0.25, 0.3) is 5.91 Å². The largest absolute Gasteiger partial charge is 0.472 e. The van der Waals surface area contributed by atoms with Crippen LogP contribution in [0, 0.1) is 17.8 Å². The van der Waals surface area contributed by atoms with Crippen LogP contribution in [0.15, 0.2) is 11.5 Å². The summed E-state index contributed by atoms with van der Waals surface area (Å²) in [6, 6.07) is 0. The predicted molar refractivity (Wildman–Crippen MR) is 77.6 cm³/mol. The molecule has 4 nitrogen and oxygen atoms in total. The number of hydrogen-bond donors (Lipinski definition) is 0. The minimum atomic E-state index is -0.173. The summed E-state index contributed by atoms with van der Waals surface area (Å²) in [6.45, 7) is 7.28. The lowest BCUT2D eigenvalue weighted by Crippen LogP contribution is -2.55. The molecule has 0 radical (unpaired) electrons. The summed E-state index contributed by atoms with van der Waals surface area (Å²) in [6.07, 6.45) is 3.52. The van der Waals surface area contributed by atoms with Crippen LogP contribution in [0.25, 0.3) is 0 Å². The van der Waals surface area contributed by atoms with E-state index in [1.165, 1.54) is 6.42 Å². The van der Waals surface area contributed by atoms with Crippen LogP contribution in [0.4, 0.5) is 0 Å². The molecule has 1 saturated carbocycles. The second-order valence-corrected chi connectivity index (χ2v) is 7.40. The molecule has 0 N–H and O–H groups in total. The van der Waals surface area contributed by atoms with Gasteiger partial charge in [-0.15, -0.1) is 0 Å². The molecule has 1 aliphatic carbocycles. The van der Waals surface area contributed by atoms with Gasteiger partial charge in [-0.1, -0.05) is 13.3 Å². The highest BCUT2D eigenvalue weighted by Crippen LogP contribution is 2.50. The van der Waals surface area contributed by atoms with Crippen molar-refractivity contribution in [2.24, 2.45) is 17.8 Å². The summed E-state index contributed by atoms with van der Waals surface area (Å²) in [5.74, 6) is 2.51. The third-order valence-electron chi connectivity index (χ3n) is 5.31. The maximum atomic E-state index is 12.6. The lowest BCUT2D eigenvalue weighted by Gasteiger charge is -2.52. The van der Waals surface area contributed by atoms with Crippen LogP contribution in [0.5, 0.6) is 0 Å². The van der Waals surface area contributed by atoms with Gasteiger partial charge >= 0.3 is 0 Å². The minimum absolute atomic E-state index is 0.165. The maximum absolute atomic E-state index is 12.6. The quantitative estimate of drug-likeness (QED) is 0.682. The zero-order valence-corrected chi connectivity index (χ0v) is 13.3. The molecule has 0 aromatic heterocycles. The Balaban J connectivity index is 2.08. The molecule has 0 unspecified atom stereocenters. The summed E-state index contributed by atoms with van der Waals surface area (Å²) < 4.78 is 6.27. The topological polar surface area (TPSA) is 32.8 Å². The van der Waals surface area contributed by atoms with E-state index in [0.29, 0.717) is 24.4 Å². The number of rotatable bonds is 0. The number of nitrogens with zero attached hydrogens (tertiary/aromatic N) is 2. The van der Waals surface area contributed by atoms with Gasteiger partial charge in [0.2, 0.25) is 0 Å².